The SMILES string of the molecule is CCCS(=O)(=O)c1ccc(N(CCCl)CCOC)cc1. The van der Waals surface area contributed by atoms with Gasteiger partial charge in [-0.2, -0.15) is 0 Å². The lowest BCUT2D eigenvalue weighted by atomic mass is 10.3. The molecule has 20 heavy (non-hydrogen) atoms. The molecule has 0 bridgehead atoms. The lowest BCUT2D eigenvalue weighted by Crippen LogP contribution is -2.29. The van der Waals surface area contributed by atoms with Gasteiger partial charge in [-0.1, -0.05) is 6.92 Å². The summed E-state index contributed by atoms with van der Waals surface area (Å²) in [6.07, 6.45) is 0.621. The van der Waals surface area contributed by atoms with E-state index in [9.17, 15) is 8.42 Å². The van der Waals surface area contributed by atoms with Gasteiger partial charge < -0.3 is 9.64 Å². The second-order valence-electron chi connectivity index (χ2n) is 4.48. The summed E-state index contributed by atoms with van der Waals surface area (Å²) in [6, 6.07) is 6.97. The van der Waals surface area contributed by atoms with Crippen LogP contribution >= 0.6 is 11.6 Å². The molecular formula is C14H22ClNO3S. The highest BCUT2D eigenvalue weighted by molar-refractivity contribution is 7.91. The minimum atomic E-state index is -3.15. The molecule has 0 spiro atoms. The maximum atomic E-state index is 12.0. The predicted molar refractivity (Wildman–Crippen MR) is 83.6 cm³/mol. The Bertz CT molecular complexity index is 488. The van der Waals surface area contributed by atoms with Crippen molar-refractivity contribution in [2.24, 2.45) is 0 Å². The highest BCUT2D eigenvalue weighted by Gasteiger charge is 2.13. The molecule has 0 unspecified atom stereocenters. The summed E-state index contributed by atoms with van der Waals surface area (Å²) in [5.41, 5.74) is 0.957. The van der Waals surface area contributed by atoms with Crippen LogP contribution in [0.1, 0.15) is 13.3 Å². The van der Waals surface area contributed by atoms with Crippen LogP contribution in [0, 0.1) is 0 Å². The molecule has 4 nitrogen and oxygen atoms in total. The number of sulfone groups is 1. The Balaban J connectivity index is 2.87. The fourth-order valence-corrected chi connectivity index (χ4v) is 3.45. The molecule has 6 heteroatoms. The molecule has 0 radical (unpaired) electrons. The molecule has 0 aliphatic rings. The molecule has 0 aliphatic carbocycles. The molecule has 0 heterocycles. The Morgan fingerprint density at radius 3 is 2.35 bits per heavy atom. The lowest BCUT2D eigenvalue weighted by Gasteiger charge is -2.23. The zero-order chi connectivity index (χ0) is 15.0. The molecule has 0 aromatic heterocycles. The van der Waals surface area contributed by atoms with Crippen molar-refractivity contribution in [2.75, 3.05) is 43.3 Å². The molecule has 0 saturated carbocycles. The summed E-state index contributed by atoms with van der Waals surface area (Å²) >= 11 is 5.79. The number of anilines is 1. The first-order valence-corrected chi connectivity index (χ1v) is 8.86. The van der Waals surface area contributed by atoms with Gasteiger partial charge in [0, 0.05) is 31.8 Å². The van der Waals surface area contributed by atoms with Crippen LogP contribution in [0.5, 0.6) is 0 Å². The quantitative estimate of drug-likeness (QED) is 0.656. The van der Waals surface area contributed by atoms with E-state index in [4.69, 9.17) is 16.3 Å². The van der Waals surface area contributed by atoms with Crippen molar-refractivity contribution < 1.29 is 13.2 Å². The van der Waals surface area contributed by atoms with Crippen molar-refractivity contribution >= 4 is 27.1 Å². The summed E-state index contributed by atoms with van der Waals surface area (Å²) in [5, 5.41) is 0. The molecule has 1 aromatic carbocycles. The van der Waals surface area contributed by atoms with E-state index in [1.165, 1.54) is 0 Å². The van der Waals surface area contributed by atoms with Crippen molar-refractivity contribution in [1.29, 1.82) is 0 Å². The summed E-state index contributed by atoms with van der Waals surface area (Å²) in [4.78, 5) is 2.45. The van der Waals surface area contributed by atoms with E-state index in [1.807, 2.05) is 19.1 Å². The molecule has 1 aromatic rings. The third kappa shape index (κ3) is 4.96. The summed E-state index contributed by atoms with van der Waals surface area (Å²) < 4.78 is 29.0. The number of nitrogens with zero attached hydrogens (tertiary/aromatic N) is 1. The first kappa shape index (κ1) is 17.3. The fourth-order valence-electron chi connectivity index (χ4n) is 1.92. The van der Waals surface area contributed by atoms with Crippen molar-refractivity contribution in [3.63, 3.8) is 0 Å². The topological polar surface area (TPSA) is 46.6 Å². The third-order valence-electron chi connectivity index (χ3n) is 2.95. The lowest BCUT2D eigenvalue weighted by molar-refractivity contribution is 0.205. The normalized spacial score (nSPS) is 11.6. The Hall–Kier alpha value is -0.780. The van der Waals surface area contributed by atoms with Gasteiger partial charge in [0.15, 0.2) is 9.84 Å². The predicted octanol–water partition coefficient (Wildman–Crippen LogP) is 2.56. The summed E-state index contributed by atoms with van der Waals surface area (Å²) in [6.45, 7) is 3.89. The Morgan fingerprint density at radius 2 is 1.85 bits per heavy atom. The first-order chi connectivity index (χ1) is 9.55. The van der Waals surface area contributed by atoms with E-state index in [1.54, 1.807) is 19.2 Å². The van der Waals surface area contributed by atoms with E-state index in [-0.39, 0.29) is 5.75 Å². The van der Waals surface area contributed by atoms with Crippen LogP contribution in [0.25, 0.3) is 0 Å². The summed E-state index contributed by atoms with van der Waals surface area (Å²) in [5.74, 6) is 0.695. The molecule has 0 saturated heterocycles. The molecule has 0 aliphatic heterocycles. The number of ether oxygens (including phenoxy) is 1. The van der Waals surface area contributed by atoms with Crippen LogP contribution in [0.2, 0.25) is 0 Å². The van der Waals surface area contributed by atoms with Crippen LogP contribution < -0.4 is 4.90 Å². The van der Waals surface area contributed by atoms with Crippen LogP contribution in [-0.4, -0.2) is 46.9 Å². The molecule has 0 atom stereocenters. The second-order valence-corrected chi connectivity index (χ2v) is 6.97. The van der Waals surface area contributed by atoms with Crippen molar-refractivity contribution in [3.05, 3.63) is 24.3 Å². The molecule has 0 fully saturated rings. The zero-order valence-electron chi connectivity index (χ0n) is 12.0. The Morgan fingerprint density at radius 1 is 1.20 bits per heavy atom. The number of hydrogen-bond acceptors (Lipinski definition) is 4. The van der Waals surface area contributed by atoms with Gasteiger partial charge in [0.05, 0.1) is 17.3 Å². The highest BCUT2D eigenvalue weighted by Crippen LogP contribution is 2.19. The molecule has 0 N–H and O–H groups in total. The van der Waals surface area contributed by atoms with Gasteiger partial charge in [-0.05, 0) is 30.7 Å². The van der Waals surface area contributed by atoms with E-state index in [0.717, 1.165) is 12.2 Å². The van der Waals surface area contributed by atoms with Gasteiger partial charge >= 0.3 is 0 Å². The summed E-state index contributed by atoms with van der Waals surface area (Å²) in [7, 11) is -1.50. The van der Waals surface area contributed by atoms with Crippen LogP contribution in [0.15, 0.2) is 29.2 Å². The van der Waals surface area contributed by atoms with Crippen molar-refractivity contribution in [3.8, 4) is 0 Å². The fraction of sp³-hybridized carbons (Fsp3) is 0.571. The standard InChI is InChI=1S/C14H22ClNO3S/c1-3-12-20(17,18)14-6-4-13(5-7-14)16(9-8-15)10-11-19-2/h4-7H,3,8-12H2,1-2H3. The second kappa shape index (κ2) is 8.49. The van der Waals surface area contributed by atoms with Crippen LogP contribution in [0.3, 0.4) is 0 Å². The number of benzene rings is 1. The average molecular weight is 320 g/mol. The minimum absolute atomic E-state index is 0.182. The Kier molecular flexibility index (Phi) is 7.34. The van der Waals surface area contributed by atoms with Crippen molar-refractivity contribution in [1.82, 2.24) is 0 Å². The number of halogens is 1. The van der Waals surface area contributed by atoms with Crippen molar-refractivity contribution in [2.45, 2.75) is 18.2 Å². The number of methoxy groups -OCH3 is 1. The van der Waals surface area contributed by atoms with Gasteiger partial charge in [-0.25, -0.2) is 8.42 Å². The molecular weight excluding hydrogens is 298 g/mol. The molecule has 1 rings (SSSR count). The van der Waals surface area contributed by atoms with Gasteiger partial charge in [0.1, 0.15) is 0 Å². The monoisotopic (exact) mass is 319 g/mol. The van der Waals surface area contributed by atoms with Crippen LogP contribution in [-0.2, 0) is 14.6 Å². The zero-order valence-corrected chi connectivity index (χ0v) is 13.6. The first-order valence-electron chi connectivity index (χ1n) is 6.67. The minimum Gasteiger partial charge on any atom is -0.383 e. The van der Waals surface area contributed by atoms with Gasteiger partial charge in [-0.3, -0.25) is 0 Å². The third-order valence-corrected chi connectivity index (χ3v) is 5.06. The van der Waals surface area contributed by atoms with Gasteiger partial charge in [0.2, 0.25) is 0 Å². The maximum absolute atomic E-state index is 12.0. The van der Waals surface area contributed by atoms with E-state index < -0.39 is 9.84 Å². The maximum Gasteiger partial charge on any atom is 0.178 e. The van der Waals surface area contributed by atoms with E-state index in [2.05, 4.69) is 4.90 Å². The smallest absolute Gasteiger partial charge is 0.178 e. The Labute approximate surface area is 126 Å². The molecule has 0 amide bonds. The highest BCUT2D eigenvalue weighted by atomic mass is 35.5. The van der Waals surface area contributed by atoms with E-state index in [0.29, 0.717) is 30.3 Å². The van der Waals surface area contributed by atoms with Gasteiger partial charge in [0.25, 0.3) is 0 Å². The van der Waals surface area contributed by atoms with E-state index >= 15 is 0 Å². The number of rotatable bonds is 9. The number of alkyl halides is 1. The molecule has 114 valence electrons. The van der Waals surface area contributed by atoms with Gasteiger partial charge in [-0.15, -0.1) is 11.6 Å². The largest absolute Gasteiger partial charge is 0.383 e. The van der Waals surface area contributed by atoms with Crippen LogP contribution in [0.4, 0.5) is 5.69 Å². The number of hydrogen-bond donors (Lipinski definition) is 0. The average Bonchev–Trinajstić information content (AvgIpc) is 2.43.